The van der Waals surface area contributed by atoms with Gasteiger partial charge in [0.05, 0.1) is 19.1 Å². The first-order valence-corrected chi connectivity index (χ1v) is 13.7. The third-order valence-electron chi connectivity index (χ3n) is 5.25. The number of nitrogens with one attached hydrogen (secondary N) is 1. The number of rotatable bonds is 12. The molecule has 0 spiro atoms. The van der Waals surface area contributed by atoms with Crippen LogP contribution in [0, 0.1) is 0 Å². The molecule has 0 unspecified atom stereocenters. The standard InChI is InChI=1S/C24H32BrN3O5S/c1-5-15-26-24(30)21(6-2)27(16-18-11-13-19(33-3)14-12-18)23(29)17-28(34(4,31)32)22-10-8-7-9-20(22)25/h7-14,21H,5-6,15-17H2,1-4H3,(H,26,30)/t21-/m1/s1. The van der Waals surface area contributed by atoms with Gasteiger partial charge < -0.3 is 15.0 Å². The fourth-order valence-electron chi connectivity index (χ4n) is 3.46. The van der Waals surface area contributed by atoms with Crippen molar-refractivity contribution in [3.8, 4) is 5.75 Å². The van der Waals surface area contributed by atoms with Gasteiger partial charge in [0.1, 0.15) is 18.3 Å². The summed E-state index contributed by atoms with van der Waals surface area (Å²) in [7, 11) is -2.21. The topological polar surface area (TPSA) is 96.0 Å². The second-order valence-electron chi connectivity index (χ2n) is 7.81. The zero-order valence-electron chi connectivity index (χ0n) is 20.0. The average molecular weight is 555 g/mol. The monoisotopic (exact) mass is 553 g/mol. The molecule has 0 bridgehead atoms. The van der Waals surface area contributed by atoms with Crippen molar-refractivity contribution in [2.45, 2.75) is 39.3 Å². The summed E-state index contributed by atoms with van der Waals surface area (Å²) in [5.41, 5.74) is 1.15. The maximum Gasteiger partial charge on any atom is 0.244 e. The highest BCUT2D eigenvalue weighted by molar-refractivity contribution is 9.10. The molecule has 2 aromatic carbocycles. The highest BCUT2D eigenvalue weighted by atomic mass is 79.9. The van der Waals surface area contributed by atoms with Gasteiger partial charge >= 0.3 is 0 Å². The minimum atomic E-state index is -3.78. The largest absolute Gasteiger partial charge is 0.497 e. The number of nitrogens with zero attached hydrogens (tertiary/aromatic N) is 2. The Labute approximate surface area is 210 Å². The van der Waals surface area contributed by atoms with E-state index in [2.05, 4.69) is 21.2 Å². The second kappa shape index (κ2) is 12.8. The van der Waals surface area contributed by atoms with Crippen LogP contribution in [0.1, 0.15) is 32.3 Å². The number of sulfonamides is 1. The van der Waals surface area contributed by atoms with Gasteiger partial charge in [-0.05, 0) is 58.6 Å². The molecular formula is C24H32BrN3O5S. The molecule has 0 fully saturated rings. The summed E-state index contributed by atoms with van der Waals surface area (Å²) in [5.74, 6) is -0.0694. The Bertz CT molecular complexity index is 1080. The van der Waals surface area contributed by atoms with Gasteiger partial charge in [0.2, 0.25) is 21.8 Å². The molecule has 8 nitrogen and oxygen atoms in total. The van der Waals surface area contributed by atoms with E-state index in [-0.39, 0.29) is 12.5 Å². The molecule has 186 valence electrons. The Kier molecular flexibility index (Phi) is 10.4. The van der Waals surface area contributed by atoms with Crippen molar-refractivity contribution in [1.29, 1.82) is 0 Å². The lowest BCUT2D eigenvalue weighted by atomic mass is 10.1. The van der Waals surface area contributed by atoms with Gasteiger partial charge in [-0.3, -0.25) is 13.9 Å². The van der Waals surface area contributed by atoms with Gasteiger partial charge in [0.25, 0.3) is 0 Å². The summed E-state index contributed by atoms with van der Waals surface area (Å²) in [6.07, 6.45) is 2.20. The van der Waals surface area contributed by atoms with Crippen molar-refractivity contribution in [1.82, 2.24) is 10.2 Å². The number of para-hydroxylation sites is 1. The van der Waals surface area contributed by atoms with Crippen molar-refractivity contribution >= 4 is 43.5 Å². The van der Waals surface area contributed by atoms with Crippen LogP contribution in [-0.4, -0.2) is 57.6 Å². The van der Waals surface area contributed by atoms with Gasteiger partial charge in [-0.15, -0.1) is 0 Å². The average Bonchev–Trinajstić information content (AvgIpc) is 2.81. The normalized spacial score (nSPS) is 12.0. The van der Waals surface area contributed by atoms with E-state index in [1.807, 2.05) is 26.0 Å². The van der Waals surface area contributed by atoms with Crippen LogP contribution >= 0.6 is 15.9 Å². The lowest BCUT2D eigenvalue weighted by molar-refractivity contribution is -0.140. The Morgan fingerprint density at radius 1 is 1.09 bits per heavy atom. The number of benzene rings is 2. The number of carbonyl (C=O) groups excluding carboxylic acids is 2. The van der Waals surface area contributed by atoms with E-state index < -0.39 is 28.5 Å². The van der Waals surface area contributed by atoms with E-state index in [0.29, 0.717) is 28.9 Å². The van der Waals surface area contributed by atoms with Crippen LogP contribution in [0.15, 0.2) is 53.0 Å². The number of amides is 2. The van der Waals surface area contributed by atoms with E-state index >= 15 is 0 Å². The van der Waals surface area contributed by atoms with E-state index in [0.717, 1.165) is 22.5 Å². The van der Waals surface area contributed by atoms with Crippen molar-refractivity contribution < 1.29 is 22.7 Å². The van der Waals surface area contributed by atoms with Crippen LogP contribution in [0.2, 0.25) is 0 Å². The Hall–Kier alpha value is -2.59. The Morgan fingerprint density at radius 3 is 2.26 bits per heavy atom. The van der Waals surface area contributed by atoms with Crippen LogP contribution < -0.4 is 14.4 Å². The molecule has 0 aliphatic rings. The van der Waals surface area contributed by atoms with Crippen molar-refractivity contribution in [3.05, 3.63) is 58.6 Å². The minimum absolute atomic E-state index is 0.147. The summed E-state index contributed by atoms with van der Waals surface area (Å²) in [4.78, 5) is 27.9. The molecule has 1 atom stereocenters. The lowest BCUT2D eigenvalue weighted by Gasteiger charge is -2.33. The maximum absolute atomic E-state index is 13.6. The van der Waals surface area contributed by atoms with Crippen LogP contribution in [0.4, 0.5) is 5.69 Å². The number of methoxy groups -OCH3 is 1. The summed E-state index contributed by atoms with van der Waals surface area (Å²) in [6, 6.07) is 13.2. The molecule has 2 aromatic rings. The zero-order chi connectivity index (χ0) is 25.3. The van der Waals surface area contributed by atoms with E-state index in [1.54, 1.807) is 43.5 Å². The molecule has 0 aliphatic heterocycles. The Balaban J connectivity index is 2.42. The highest BCUT2D eigenvalue weighted by Crippen LogP contribution is 2.28. The van der Waals surface area contributed by atoms with E-state index in [1.165, 1.54) is 4.90 Å². The molecule has 0 saturated carbocycles. The summed E-state index contributed by atoms with van der Waals surface area (Å²) in [5, 5.41) is 2.85. The van der Waals surface area contributed by atoms with Crippen LogP contribution in [0.5, 0.6) is 5.75 Å². The van der Waals surface area contributed by atoms with Crippen molar-refractivity contribution in [2.75, 3.05) is 30.8 Å². The molecule has 2 rings (SSSR count). The van der Waals surface area contributed by atoms with Crippen LogP contribution in [0.3, 0.4) is 0 Å². The van der Waals surface area contributed by atoms with E-state index in [4.69, 9.17) is 4.74 Å². The second-order valence-corrected chi connectivity index (χ2v) is 10.6. The van der Waals surface area contributed by atoms with Gasteiger partial charge in [-0.1, -0.05) is 38.1 Å². The summed E-state index contributed by atoms with van der Waals surface area (Å²) < 4.78 is 32.1. The van der Waals surface area contributed by atoms with Gasteiger partial charge in [-0.25, -0.2) is 8.42 Å². The van der Waals surface area contributed by atoms with Crippen molar-refractivity contribution in [2.24, 2.45) is 0 Å². The fraction of sp³-hybridized carbons (Fsp3) is 0.417. The molecule has 0 aromatic heterocycles. The van der Waals surface area contributed by atoms with Crippen LogP contribution in [0.25, 0.3) is 0 Å². The predicted octanol–water partition coefficient (Wildman–Crippen LogP) is 3.56. The lowest BCUT2D eigenvalue weighted by Crippen LogP contribution is -2.52. The SMILES string of the molecule is CCCNC(=O)[C@@H](CC)N(Cc1ccc(OC)cc1)C(=O)CN(c1ccccc1Br)S(C)(=O)=O. The molecule has 0 heterocycles. The third kappa shape index (κ3) is 7.46. The fourth-order valence-corrected chi connectivity index (χ4v) is 4.94. The molecule has 0 radical (unpaired) electrons. The smallest absolute Gasteiger partial charge is 0.244 e. The maximum atomic E-state index is 13.6. The predicted molar refractivity (Wildman–Crippen MR) is 137 cm³/mol. The highest BCUT2D eigenvalue weighted by Gasteiger charge is 2.32. The van der Waals surface area contributed by atoms with Gasteiger partial charge in [-0.2, -0.15) is 0 Å². The summed E-state index contributed by atoms with van der Waals surface area (Å²) in [6.45, 7) is 3.98. The number of ether oxygens (including phenoxy) is 1. The number of halogens is 1. The van der Waals surface area contributed by atoms with E-state index in [9.17, 15) is 18.0 Å². The number of hydrogen-bond acceptors (Lipinski definition) is 5. The first-order valence-electron chi connectivity index (χ1n) is 11.0. The third-order valence-corrected chi connectivity index (χ3v) is 7.04. The molecule has 0 aliphatic carbocycles. The molecular weight excluding hydrogens is 522 g/mol. The Morgan fingerprint density at radius 2 is 1.74 bits per heavy atom. The van der Waals surface area contributed by atoms with Crippen LogP contribution in [-0.2, 0) is 26.2 Å². The summed E-state index contributed by atoms with van der Waals surface area (Å²) >= 11 is 3.37. The number of carbonyl (C=O) groups is 2. The zero-order valence-corrected chi connectivity index (χ0v) is 22.4. The molecule has 1 N–H and O–H groups in total. The molecule has 0 saturated heterocycles. The van der Waals surface area contributed by atoms with Gasteiger partial charge in [0, 0.05) is 17.6 Å². The number of anilines is 1. The first kappa shape index (κ1) is 27.7. The first-order chi connectivity index (χ1) is 16.1. The molecule has 10 heteroatoms. The minimum Gasteiger partial charge on any atom is -0.497 e. The molecule has 2 amide bonds. The quantitative estimate of drug-likeness (QED) is 0.433. The molecule has 34 heavy (non-hydrogen) atoms. The number of hydrogen-bond donors (Lipinski definition) is 1. The van der Waals surface area contributed by atoms with Gasteiger partial charge in [0.15, 0.2) is 0 Å². The van der Waals surface area contributed by atoms with Crippen molar-refractivity contribution in [3.63, 3.8) is 0 Å².